The maximum absolute atomic E-state index is 12.3. The Labute approximate surface area is 93.2 Å². The summed E-state index contributed by atoms with van der Waals surface area (Å²) in [6.45, 7) is 0.870. The van der Waals surface area contributed by atoms with Crippen molar-refractivity contribution in [3.63, 3.8) is 0 Å². The fraction of sp³-hybridized carbons (Fsp3) is 1.00. The third kappa shape index (κ3) is 2.69. The van der Waals surface area contributed by atoms with Crippen LogP contribution >= 0.6 is 0 Å². The van der Waals surface area contributed by atoms with Crippen LogP contribution in [0.25, 0.3) is 0 Å². The zero-order chi connectivity index (χ0) is 11.8. The molecule has 4 atom stereocenters. The van der Waals surface area contributed by atoms with Gasteiger partial charge in [0.1, 0.15) is 0 Å². The zero-order valence-corrected chi connectivity index (χ0v) is 9.13. The molecule has 0 bridgehead atoms. The van der Waals surface area contributed by atoms with E-state index < -0.39 is 18.6 Å². The summed E-state index contributed by atoms with van der Waals surface area (Å²) in [4.78, 5) is 0. The third-order valence-corrected chi connectivity index (χ3v) is 3.99. The SMILES string of the molecule is OCCC1CC2CNC(CC(F)(F)F)C2C1. The van der Waals surface area contributed by atoms with Crippen molar-refractivity contribution >= 4 is 0 Å². The molecular weight excluding hydrogens is 219 g/mol. The van der Waals surface area contributed by atoms with Gasteiger partial charge < -0.3 is 10.4 Å². The molecule has 0 spiro atoms. The van der Waals surface area contributed by atoms with Crippen LogP contribution in [0.5, 0.6) is 0 Å². The largest absolute Gasteiger partial charge is 0.396 e. The lowest BCUT2D eigenvalue weighted by Crippen LogP contribution is -2.32. The van der Waals surface area contributed by atoms with E-state index in [4.69, 9.17) is 5.11 Å². The molecule has 5 heteroatoms. The lowest BCUT2D eigenvalue weighted by atomic mass is 9.92. The Morgan fingerprint density at radius 1 is 1.25 bits per heavy atom. The molecule has 94 valence electrons. The topological polar surface area (TPSA) is 32.3 Å². The van der Waals surface area contributed by atoms with Crippen LogP contribution in [0.4, 0.5) is 13.2 Å². The van der Waals surface area contributed by atoms with Gasteiger partial charge in [0.2, 0.25) is 0 Å². The normalized spacial score (nSPS) is 39.0. The van der Waals surface area contributed by atoms with Crippen molar-refractivity contribution in [2.24, 2.45) is 17.8 Å². The van der Waals surface area contributed by atoms with Crippen molar-refractivity contribution < 1.29 is 18.3 Å². The van der Waals surface area contributed by atoms with Crippen LogP contribution in [0, 0.1) is 17.8 Å². The van der Waals surface area contributed by atoms with Gasteiger partial charge in [0.15, 0.2) is 0 Å². The monoisotopic (exact) mass is 237 g/mol. The van der Waals surface area contributed by atoms with Gasteiger partial charge in [-0.25, -0.2) is 0 Å². The minimum absolute atomic E-state index is 0.154. The minimum Gasteiger partial charge on any atom is -0.396 e. The maximum atomic E-state index is 12.3. The van der Waals surface area contributed by atoms with Gasteiger partial charge >= 0.3 is 6.18 Å². The molecule has 0 aromatic carbocycles. The first kappa shape index (κ1) is 12.2. The second-order valence-electron chi connectivity index (χ2n) is 5.11. The molecule has 16 heavy (non-hydrogen) atoms. The quantitative estimate of drug-likeness (QED) is 0.786. The van der Waals surface area contributed by atoms with E-state index in [1.54, 1.807) is 0 Å². The molecule has 2 fully saturated rings. The standard InChI is InChI=1S/C11H18F3NO/c12-11(13,14)5-10-9-4-7(1-2-16)3-8(9)6-15-10/h7-10,15-16H,1-6H2. The fourth-order valence-corrected chi connectivity index (χ4v) is 3.35. The average Bonchev–Trinajstić information content (AvgIpc) is 2.66. The van der Waals surface area contributed by atoms with E-state index in [2.05, 4.69) is 5.32 Å². The van der Waals surface area contributed by atoms with E-state index >= 15 is 0 Å². The van der Waals surface area contributed by atoms with E-state index in [1.807, 2.05) is 0 Å². The highest BCUT2D eigenvalue weighted by molar-refractivity contribution is 4.97. The van der Waals surface area contributed by atoms with Crippen LogP contribution in [0.1, 0.15) is 25.7 Å². The Morgan fingerprint density at radius 2 is 2.00 bits per heavy atom. The molecule has 0 aromatic heterocycles. The number of fused-ring (bicyclic) bond motifs is 1. The lowest BCUT2D eigenvalue weighted by molar-refractivity contribution is -0.141. The van der Waals surface area contributed by atoms with Gasteiger partial charge in [-0.2, -0.15) is 13.2 Å². The molecule has 1 saturated heterocycles. The highest BCUT2D eigenvalue weighted by atomic mass is 19.4. The highest BCUT2D eigenvalue weighted by Gasteiger charge is 2.46. The number of alkyl halides is 3. The number of halogens is 3. The predicted molar refractivity (Wildman–Crippen MR) is 53.9 cm³/mol. The summed E-state index contributed by atoms with van der Waals surface area (Å²) in [5.74, 6) is 0.986. The third-order valence-electron chi connectivity index (χ3n) is 3.99. The van der Waals surface area contributed by atoms with E-state index in [0.717, 1.165) is 19.3 Å². The van der Waals surface area contributed by atoms with Crippen LogP contribution in [-0.4, -0.2) is 30.5 Å². The van der Waals surface area contributed by atoms with E-state index in [9.17, 15) is 13.2 Å². The van der Waals surface area contributed by atoms with Crippen molar-refractivity contribution in [2.75, 3.05) is 13.2 Å². The molecule has 2 nitrogen and oxygen atoms in total. The molecule has 1 aliphatic carbocycles. The molecule has 1 aliphatic heterocycles. The van der Waals surface area contributed by atoms with Gasteiger partial charge in [-0.3, -0.25) is 0 Å². The minimum atomic E-state index is -4.07. The van der Waals surface area contributed by atoms with Crippen molar-refractivity contribution in [2.45, 2.75) is 37.9 Å². The van der Waals surface area contributed by atoms with Gasteiger partial charge in [-0.1, -0.05) is 0 Å². The van der Waals surface area contributed by atoms with E-state index in [1.165, 1.54) is 0 Å². The number of hydrogen-bond acceptors (Lipinski definition) is 2. The van der Waals surface area contributed by atoms with Gasteiger partial charge in [0, 0.05) is 12.6 Å². The molecule has 0 amide bonds. The number of nitrogens with one attached hydrogen (secondary N) is 1. The van der Waals surface area contributed by atoms with E-state index in [0.29, 0.717) is 18.4 Å². The number of hydrogen-bond donors (Lipinski definition) is 2. The van der Waals surface area contributed by atoms with Gasteiger partial charge in [-0.15, -0.1) is 0 Å². The molecule has 2 N–H and O–H groups in total. The summed E-state index contributed by atoms with van der Waals surface area (Å²) < 4.78 is 37.0. The van der Waals surface area contributed by atoms with Crippen molar-refractivity contribution in [3.05, 3.63) is 0 Å². The predicted octanol–water partition coefficient (Wildman–Crippen LogP) is 1.94. The Bertz CT molecular complexity index is 244. The summed E-state index contributed by atoms with van der Waals surface area (Å²) in [5.41, 5.74) is 0. The molecule has 0 radical (unpaired) electrons. The first-order valence-electron chi connectivity index (χ1n) is 5.90. The van der Waals surface area contributed by atoms with E-state index in [-0.39, 0.29) is 12.5 Å². The Hall–Kier alpha value is -0.290. The molecule has 1 saturated carbocycles. The van der Waals surface area contributed by atoms with Gasteiger partial charge in [0.05, 0.1) is 6.42 Å². The molecule has 1 heterocycles. The van der Waals surface area contributed by atoms with Crippen LogP contribution < -0.4 is 5.32 Å². The fourth-order valence-electron chi connectivity index (χ4n) is 3.35. The first-order valence-corrected chi connectivity index (χ1v) is 5.90. The van der Waals surface area contributed by atoms with Crippen molar-refractivity contribution in [3.8, 4) is 0 Å². The zero-order valence-electron chi connectivity index (χ0n) is 9.13. The Balaban J connectivity index is 1.90. The average molecular weight is 237 g/mol. The number of rotatable bonds is 3. The van der Waals surface area contributed by atoms with Gasteiger partial charge in [-0.05, 0) is 43.6 Å². The van der Waals surface area contributed by atoms with Crippen molar-refractivity contribution in [1.82, 2.24) is 5.32 Å². The molecular formula is C11H18F3NO. The summed E-state index contributed by atoms with van der Waals surface area (Å²) in [7, 11) is 0. The summed E-state index contributed by atoms with van der Waals surface area (Å²) in [6.07, 6.45) is -2.21. The van der Waals surface area contributed by atoms with Crippen LogP contribution in [-0.2, 0) is 0 Å². The summed E-state index contributed by atoms with van der Waals surface area (Å²) >= 11 is 0. The molecule has 2 aliphatic rings. The summed E-state index contributed by atoms with van der Waals surface area (Å²) in [6, 6.07) is -0.395. The maximum Gasteiger partial charge on any atom is 0.390 e. The smallest absolute Gasteiger partial charge is 0.390 e. The van der Waals surface area contributed by atoms with Crippen molar-refractivity contribution in [1.29, 1.82) is 0 Å². The second kappa shape index (κ2) is 4.53. The molecule has 2 rings (SSSR count). The Morgan fingerprint density at radius 3 is 2.62 bits per heavy atom. The second-order valence-corrected chi connectivity index (χ2v) is 5.11. The summed E-state index contributed by atoms with van der Waals surface area (Å²) in [5, 5.41) is 11.8. The first-order chi connectivity index (χ1) is 7.49. The molecule has 4 unspecified atom stereocenters. The van der Waals surface area contributed by atoms with Crippen LogP contribution in [0.2, 0.25) is 0 Å². The van der Waals surface area contributed by atoms with Gasteiger partial charge in [0.25, 0.3) is 0 Å². The number of aliphatic hydroxyl groups is 1. The van der Waals surface area contributed by atoms with Crippen LogP contribution in [0.3, 0.4) is 0 Å². The molecule has 0 aromatic rings. The number of aliphatic hydroxyl groups excluding tert-OH is 1. The highest BCUT2D eigenvalue weighted by Crippen LogP contribution is 2.45. The lowest BCUT2D eigenvalue weighted by Gasteiger charge is -2.20. The Kier molecular flexibility index (Phi) is 3.45. The van der Waals surface area contributed by atoms with Crippen LogP contribution in [0.15, 0.2) is 0 Å².